The molecule has 1 amide bonds. The molecular weight excluding hydrogens is 442 g/mol. The quantitative estimate of drug-likeness (QED) is 0.568. The van der Waals surface area contributed by atoms with E-state index in [1.54, 1.807) is 38.5 Å². The van der Waals surface area contributed by atoms with E-state index in [2.05, 4.69) is 10.6 Å². The number of anilines is 1. The Balaban J connectivity index is 1.75. The van der Waals surface area contributed by atoms with Crippen LogP contribution in [0.4, 0.5) is 5.69 Å². The van der Waals surface area contributed by atoms with E-state index < -0.39 is 11.6 Å². The molecule has 2 aliphatic rings. The number of hydrogen-bond acceptors (Lipinski definition) is 6. The van der Waals surface area contributed by atoms with Crippen LogP contribution < -0.4 is 24.8 Å². The van der Waals surface area contributed by atoms with Gasteiger partial charge in [-0.05, 0) is 56.4 Å². The Morgan fingerprint density at radius 2 is 2.00 bits per heavy atom. The summed E-state index contributed by atoms with van der Waals surface area (Å²) in [6.45, 7) is 5.21. The first-order valence-electron chi connectivity index (χ1n) is 10.9. The highest BCUT2D eigenvalue weighted by Crippen LogP contribution is 2.51. The third-order valence-corrected chi connectivity index (χ3v) is 6.42. The lowest BCUT2D eigenvalue weighted by Crippen LogP contribution is -2.72. The molecule has 0 aromatic heterocycles. The number of amides is 1. The van der Waals surface area contributed by atoms with Crippen LogP contribution >= 0.6 is 12.2 Å². The average Bonchev–Trinajstić information content (AvgIpc) is 2.80. The molecule has 8 nitrogen and oxygen atoms in total. The molecule has 2 aromatic carbocycles. The van der Waals surface area contributed by atoms with Gasteiger partial charge in [0.05, 0.1) is 26.4 Å². The van der Waals surface area contributed by atoms with E-state index in [1.807, 2.05) is 36.9 Å². The van der Waals surface area contributed by atoms with Gasteiger partial charge < -0.3 is 34.5 Å². The Hall–Kier alpha value is -3.04. The highest BCUT2D eigenvalue weighted by Gasteiger charge is 2.59. The van der Waals surface area contributed by atoms with Crippen molar-refractivity contribution in [1.82, 2.24) is 10.2 Å². The van der Waals surface area contributed by atoms with E-state index in [9.17, 15) is 4.79 Å². The molecule has 0 saturated carbocycles. The highest BCUT2D eigenvalue weighted by molar-refractivity contribution is 7.80. The van der Waals surface area contributed by atoms with Gasteiger partial charge in [-0.15, -0.1) is 0 Å². The zero-order valence-corrected chi connectivity index (χ0v) is 20.0. The highest BCUT2D eigenvalue weighted by atomic mass is 32.1. The maximum absolute atomic E-state index is 13.7. The maximum atomic E-state index is 13.7. The SMILES string of the molecule is CCOc1cccc2c1O[C@@]1(C)[C@@H](C(=O)Nc3ccc(OC)cc3)[C@H]2NC(=S)N1CCOC. The number of rotatable bonds is 8. The number of para-hydroxylation sites is 1. The second-order valence-electron chi connectivity index (χ2n) is 8.03. The minimum Gasteiger partial charge on any atom is -0.497 e. The molecule has 0 unspecified atom stereocenters. The van der Waals surface area contributed by atoms with E-state index in [4.69, 9.17) is 31.2 Å². The van der Waals surface area contributed by atoms with E-state index in [0.717, 1.165) is 5.56 Å². The molecule has 4 rings (SSSR count). The lowest BCUT2D eigenvalue weighted by Gasteiger charge is -2.56. The molecule has 0 aliphatic carbocycles. The Morgan fingerprint density at radius 1 is 1.24 bits per heavy atom. The van der Waals surface area contributed by atoms with Crippen LogP contribution in [0.25, 0.3) is 0 Å². The summed E-state index contributed by atoms with van der Waals surface area (Å²) in [4.78, 5) is 15.6. The van der Waals surface area contributed by atoms with Gasteiger partial charge in [0.25, 0.3) is 0 Å². The molecule has 1 saturated heterocycles. The van der Waals surface area contributed by atoms with Crippen molar-refractivity contribution in [3.8, 4) is 17.2 Å². The van der Waals surface area contributed by atoms with E-state index in [1.165, 1.54) is 0 Å². The van der Waals surface area contributed by atoms with Crippen LogP contribution in [0.1, 0.15) is 25.5 Å². The van der Waals surface area contributed by atoms with E-state index in [-0.39, 0.29) is 11.9 Å². The van der Waals surface area contributed by atoms with Crippen molar-refractivity contribution in [3.05, 3.63) is 48.0 Å². The molecular formula is C24H29N3O5S. The summed E-state index contributed by atoms with van der Waals surface area (Å²) >= 11 is 5.68. The molecule has 0 spiro atoms. The summed E-state index contributed by atoms with van der Waals surface area (Å²) in [6.07, 6.45) is 0. The number of nitrogens with zero attached hydrogens (tertiary/aromatic N) is 1. The molecule has 2 aliphatic heterocycles. The van der Waals surface area contributed by atoms with Crippen molar-refractivity contribution in [2.45, 2.75) is 25.6 Å². The lowest BCUT2D eigenvalue weighted by molar-refractivity contribution is -0.150. The smallest absolute Gasteiger partial charge is 0.236 e. The number of carbonyl (C=O) groups excluding carboxylic acids is 1. The van der Waals surface area contributed by atoms with Gasteiger partial charge in [0, 0.05) is 24.9 Å². The van der Waals surface area contributed by atoms with Crippen molar-refractivity contribution in [1.29, 1.82) is 0 Å². The molecule has 176 valence electrons. The molecule has 2 N–H and O–H groups in total. The predicted octanol–water partition coefficient (Wildman–Crippen LogP) is 3.34. The van der Waals surface area contributed by atoms with Gasteiger partial charge in [-0.2, -0.15) is 0 Å². The molecule has 1 fully saturated rings. The van der Waals surface area contributed by atoms with Gasteiger partial charge in [-0.25, -0.2) is 0 Å². The van der Waals surface area contributed by atoms with Crippen LogP contribution in [-0.4, -0.2) is 55.6 Å². The summed E-state index contributed by atoms with van der Waals surface area (Å²) in [6, 6.07) is 12.5. The number of nitrogens with one attached hydrogen (secondary N) is 2. The van der Waals surface area contributed by atoms with Crippen LogP contribution in [0, 0.1) is 5.92 Å². The van der Waals surface area contributed by atoms with Crippen molar-refractivity contribution in [3.63, 3.8) is 0 Å². The maximum Gasteiger partial charge on any atom is 0.236 e. The van der Waals surface area contributed by atoms with Gasteiger partial charge in [0.15, 0.2) is 22.3 Å². The minimum absolute atomic E-state index is 0.183. The fraction of sp³-hybridized carbons (Fsp3) is 0.417. The molecule has 2 heterocycles. The van der Waals surface area contributed by atoms with Crippen molar-refractivity contribution >= 4 is 28.9 Å². The van der Waals surface area contributed by atoms with Crippen molar-refractivity contribution < 1.29 is 23.7 Å². The van der Waals surface area contributed by atoms with Crippen LogP contribution in [0.5, 0.6) is 17.2 Å². The molecule has 2 bridgehead atoms. The summed E-state index contributed by atoms with van der Waals surface area (Å²) < 4.78 is 22.9. The van der Waals surface area contributed by atoms with Gasteiger partial charge in [0.1, 0.15) is 11.7 Å². The summed E-state index contributed by atoms with van der Waals surface area (Å²) in [7, 11) is 3.23. The van der Waals surface area contributed by atoms with E-state index >= 15 is 0 Å². The molecule has 9 heteroatoms. The number of hydrogen-bond donors (Lipinski definition) is 2. The second kappa shape index (κ2) is 9.44. The fourth-order valence-corrected chi connectivity index (χ4v) is 4.91. The third-order valence-electron chi connectivity index (χ3n) is 6.08. The van der Waals surface area contributed by atoms with Gasteiger partial charge in [0.2, 0.25) is 5.91 Å². The standard InChI is InChI=1S/C24H29N3O5S/c1-5-31-18-8-6-7-17-20-19(22(28)25-15-9-11-16(30-4)12-10-15)24(2,32-21(17)18)27(13-14-29-3)23(33)26-20/h6-12,19-20H,5,13-14H2,1-4H3,(H,25,28)(H,26,33)/t19-,20+,24+/m1/s1. The molecule has 3 atom stereocenters. The van der Waals surface area contributed by atoms with Crippen LogP contribution in [0.2, 0.25) is 0 Å². The summed E-state index contributed by atoms with van der Waals surface area (Å²) in [5, 5.41) is 6.92. The van der Waals surface area contributed by atoms with Crippen LogP contribution in [0.15, 0.2) is 42.5 Å². The fourth-order valence-electron chi connectivity index (χ4n) is 4.51. The second-order valence-corrected chi connectivity index (χ2v) is 8.42. The number of benzene rings is 2. The summed E-state index contributed by atoms with van der Waals surface area (Å²) in [5.41, 5.74) is 0.451. The average molecular weight is 472 g/mol. The van der Waals surface area contributed by atoms with Crippen molar-refractivity contribution in [2.24, 2.45) is 5.92 Å². The van der Waals surface area contributed by atoms with Gasteiger partial charge in [-0.3, -0.25) is 4.79 Å². The third kappa shape index (κ3) is 4.18. The number of fused-ring (bicyclic) bond motifs is 4. The lowest BCUT2D eigenvalue weighted by atomic mass is 9.78. The minimum atomic E-state index is -1.05. The van der Waals surface area contributed by atoms with Gasteiger partial charge in [-0.1, -0.05) is 12.1 Å². The van der Waals surface area contributed by atoms with E-state index in [0.29, 0.717) is 47.8 Å². The Labute approximate surface area is 199 Å². The Morgan fingerprint density at radius 3 is 2.67 bits per heavy atom. The van der Waals surface area contributed by atoms with Crippen molar-refractivity contribution in [2.75, 3.05) is 39.3 Å². The number of carbonyl (C=O) groups is 1. The largest absolute Gasteiger partial charge is 0.497 e. The topological polar surface area (TPSA) is 81.3 Å². The first-order valence-corrected chi connectivity index (χ1v) is 11.3. The monoisotopic (exact) mass is 471 g/mol. The molecule has 2 aromatic rings. The Kier molecular flexibility index (Phi) is 6.62. The number of ether oxygens (including phenoxy) is 4. The summed E-state index contributed by atoms with van der Waals surface area (Å²) in [5.74, 6) is 1.19. The Bertz CT molecular complexity index is 1030. The number of methoxy groups -OCH3 is 2. The first kappa shape index (κ1) is 23.1. The van der Waals surface area contributed by atoms with Gasteiger partial charge >= 0.3 is 0 Å². The molecule has 33 heavy (non-hydrogen) atoms. The predicted molar refractivity (Wildman–Crippen MR) is 129 cm³/mol. The molecule has 0 radical (unpaired) electrons. The zero-order valence-electron chi connectivity index (χ0n) is 19.2. The zero-order chi connectivity index (χ0) is 23.6. The van der Waals surface area contributed by atoms with Crippen LogP contribution in [0.3, 0.4) is 0 Å². The first-order chi connectivity index (χ1) is 15.9. The number of thiocarbonyl (C=S) groups is 1. The normalized spacial score (nSPS) is 23.2. The van der Waals surface area contributed by atoms with Crippen LogP contribution in [-0.2, 0) is 9.53 Å².